The van der Waals surface area contributed by atoms with Gasteiger partial charge in [-0.1, -0.05) is 37.6 Å². The number of nitrogens with two attached hydrogens (primary N) is 1. The first-order valence-electron chi connectivity index (χ1n) is 7.14. The zero-order valence-corrected chi connectivity index (χ0v) is 13.3. The first-order chi connectivity index (χ1) is 9.82. The molecule has 0 bridgehead atoms. The summed E-state index contributed by atoms with van der Waals surface area (Å²) in [7, 11) is 0. The lowest BCUT2D eigenvalue weighted by atomic mass is 9.88. The Labute approximate surface area is 125 Å². The van der Waals surface area contributed by atoms with Crippen LogP contribution in [0.15, 0.2) is 22.7 Å². The minimum Gasteiger partial charge on any atom is -0.398 e. The highest BCUT2D eigenvalue weighted by Crippen LogP contribution is 2.36. The average molecular weight is 289 g/mol. The molecule has 114 valence electrons. The van der Waals surface area contributed by atoms with Crippen molar-refractivity contribution < 1.29 is 9.26 Å². The van der Waals surface area contributed by atoms with Crippen molar-refractivity contribution in [1.82, 2.24) is 10.1 Å². The average Bonchev–Trinajstić information content (AvgIpc) is 2.86. The number of anilines is 1. The van der Waals surface area contributed by atoms with Crippen LogP contribution in [0.1, 0.15) is 45.2 Å². The van der Waals surface area contributed by atoms with Crippen LogP contribution in [-0.4, -0.2) is 16.7 Å². The van der Waals surface area contributed by atoms with E-state index in [1.165, 1.54) is 0 Å². The molecule has 0 aliphatic rings. The molecule has 0 aliphatic carbocycles. The number of nitrogen functional groups attached to an aromatic ring is 1. The maximum Gasteiger partial charge on any atom is 0.260 e. The second-order valence-corrected chi connectivity index (χ2v) is 6.25. The molecule has 5 heteroatoms. The van der Waals surface area contributed by atoms with Crippen LogP contribution in [0.3, 0.4) is 0 Å². The summed E-state index contributed by atoms with van der Waals surface area (Å²) in [5, 5.41) is 4.08. The summed E-state index contributed by atoms with van der Waals surface area (Å²) in [6.45, 7) is 10.8. The monoisotopic (exact) mass is 289 g/mol. The van der Waals surface area contributed by atoms with E-state index in [-0.39, 0.29) is 11.5 Å². The number of aryl methyl sites for hydroxylation is 1. The zero-order valence-electron chi connectivity index (χ0n) is 13.3. The molecule has 0 spiro atoms. The van der Waals surface area contributed by atoms with Gasteiger partial charge in [0.2, 0.25) is 5.82 Å². The predicted octanol–water partition coefficient (Wildman–Crippen LogP) is 3.75. The van der Waals surface area contributed by atoms with Gasteiger partial charge in [0.05, 0.1) is 5.56 Å². The maximum atomic E-state index is 5.99. The second kappa shape index (κ2) is 5.85. The highest BCUT2D eigenvalue weighted by Gasteiger charge is 2.31. The molecule has 1 aromatic heterocycles. The largest absolute Gasteiger partial charge is 0.398 e. The number of benzene rings is 1. The summed E-state index contributed by atoms with van der Waals surface area (Å²) in [6.07, 6.45) is -0.217. The molecule has 2 aromatic rings. The lowest BCUT2D eigenvalue weighted by Gasteiger charge is -2.27. The van der Waals surface area contributed by atoms with E-state index in [1.807, 2.05) is 32.0 Å². The van der Waals surface area contributed by atoms with Gasteiger partial charge in [-0.05, 0) is 31.4 Å². The minimum atomic E-state index is -0.217. The third-order valence-corrected chi connectivity index (χ3v) is 3.24. The summed E-state index contributed by atoms with van der Waals surface area (Å²) >= 11 is 0. The molecule has 21 heavy (non-hydrogen) atoms. The first kappa shape index (κ1) is 15.5. The normalized spacial score (nSPS) is 13.4. The van der Waals surface area contributed by atoms with Gasteiger partial charge < -0.3 is 15.0 Å². The number of ether oxygens (including phenoxy) is 1. The number of rotatable bonds is 4. The standard InChI is InChI=1S/C16H23N3O2/c1-6-20-13(16(3,4)5)14-18-15(21-19-14)11-9-10(2)7-8-12(11)17/h7-9,13H,6,17H2,1-5H3. The fourth-order valence-corrected chi connectivity index (χ4v) is 2.18. The molecule has 2 N–H and O–H groups in total. The Morgan fingerprint density at radius 2 is 2.05 bits per heavy atom. The van der Waals surface area contributed by atoms with E-state index < -0.39 is 0 Å². The molecule has 1 aromatic carbocycles. The summed E-state index contributed by atoms with van der Waals surface area (Å²) in [5.41, 5.74) is 8.36. The van der Waals surface area contributed by atoms with E-state index in [0.717, 1.165) is 11.1 Å². The number of hydrogen-bond donors (Lipinski definition) is 1. The molecule has 0 radical (unpaired) electrons. The van der Waals surface area contributed by atoms with Crippen LogP contribution < -0.4 is 5.73 Å². The van der Waals surface area contributed by atoms with E-state index in [1.54, 1.807) is 0 Å². The Morgan fingerprint density at radius 3 is 2.67 bits per heavy atom. The van der Waals surface area contributed by atoms with Crippen LogP contribution in [0, 0.1) is 12.3 Å². The summed E-state index contributed by atoms with van der Waals surface area (Å²) in [6, 6.07) is 5.74. The molecule has 2 rings (SSSR count). The molecular formula is C16H23N3O2. The molecular weight excluding hydrogens is 266 g/mol. The molecule has 0 amide bonds. The van der Waals surface area contributed by atoms with E-state index in [4.69, 9.17) is 15.0 Å². The smallest absolute Gasteiger partial charge is 0.260 e. The number of hydrogen-bond acceptors (Lipinski definition) is 5. The van der Waals surface area contributed by atoms with E-state index in [0.29, 0.717) is 24.0 Å². The van der Waals surface area contributed by atoms with E-state index in [9.17, 15) is 0 Å². The van der Waals surface area contributed by atoms with Crippen LogP contribution in [-0.2, 0) is 4.74 Å². The van der Waals surface area contributed by atoms with Gasteiger partial charge >= 0.3 is 0 Å². The van der Waals surface area contributed by atoms with Gasteiger partial charge in [-0.2, -0.15) is 4.98 Å². The van der Waals surface area contributed by atoms with Crippen LogP contribution in [0.4, 0.5) is 5.69 Å². The van der Waals surface area contributed by atoms with E-state index >= 15 is 0 Å². The van der Waals surface area contributed by atoms with Gasteiger partial charge in [0.1, 0.15) is 6.10 Å². The number of aromatic nitrogens is 2. The van der Waals surface area contributed by atoms with Crippen molar-refractivity contribution in [2.75, 3.05) is 12.3 Å². The van der Waals surface area contributed by atoms with Crippen molar-refractivity contribution in [2.45, 2.75) is 40.7 Å². The predicted molar refractivity (Wildman–Crippen MR) is 82.7 cm³/mol. The second-order valence-electron chi connectivity index (χ2n) is 6.25. The van der Waals surface area contributed by atoms with Crippen molar-refractivity contribution in [1.29, 1.82) is 0 Å². The van der Waals surface area contributed by atoms with Gasteiger partial charge in [0.15, 0.2) is 0 Å². The van der Waals surface area contributed by atoms with Crippen molar-refractivity contribution in [2.24, 2.45) is 5.41 Å². The Bertz CT molecular complexity index is 614. The van der Waals surface area contributed by atoms with Crippen LogP contribution in [0.25, 0.3) is 11.5 Å². The van der Waals surface area contributed by atoms with Gasteiger partial charge in [0.25, 0.3) is 5.89 Å². The lowest BCUT2D eigenvalue weighted by Crippen LogP contribution is -2.22. The Balaban J connectivity index is 2.38. The lowest BCUT2D eigenvalue weighted by molar-refractivity contribution is -0.0203. The highest BCUT2D eigenvalue weighted by molar-refractivity contribution is 5.70. The van der Waals surface area contributed by atoms with Crippen molar-refractivity contribution in [3.05, 3.63) is 29.6 Å². The first-order valence-corrected chi connectivity index (χ1v) is 7.14. The third-order valence-electron chi connectivity index (χ3n) is 3.24. The Hall–Kier alpha value is -1.88. The summed E-state index contributed by atoms with van der Waals surface area (Å²) in [5.74, 6) is 0.986. The fraction of sp³-hybridized carbons (Fsp3) is 0.500. The van der Waals surface area contributed by atoms with Gasteiger partial charge in [-0.15, -0.1) is 0 Å². The fourth-order valence-electron chi connectivity index (χ4n) is 2.18. The van der Waals surface area contributed by atoms with Gasteiger partial charge in [-0.25, -0.2) is 0 Å². The Kier molecular flexibility index (Phi) is 4.32. The topological polar surface area (TPSA) is 74.2 Å². The third kappa shape index (κ3) is 3.42. The van der Waals surface area contributed by atoms with Crippen LogP contribution >= 0.6 is 0 Å². The molecule has 1 unspecified atom stereocenters. The highest BCUT2D eigenvalue weighted by atomic mass is 16.5. The molecule has 1 heterocycles. The molecule has 0 fully saturated rings. The quantitative estimate of drug-likeness (QED) is 0.868. The summed E-state index contributed by atoms with van der Waals surface area (Å²) in [4.78, 5) is 4.49. The van der Waals surface area contributed by atoms with Crippen molar-refractivity contribution in [3.63, 3.8) is 0 Å². The summed E-state index contributed by atoms with van der Waals surface area (Å²) < 4.78 is 11.2. The van der Waals surface area contributed by atoms with Crippen molar-refractivity contribution in [3.8, 4) is 11.5 Å². The SMILES string of the molecule is CCOC(c1noc(-c2cc(C)ccc2N)n1)C(C)(C)C. The number of nitrogens with zero attached hydrogens (tertiary/aromatic N) is 2. The molecule has 0 aliphatic heterocycles. The van der Waals surface area contributed by atoms with E-state index in [2.05, 4.69) is 30.9 Å². The van der Waals surface area contributed by atoms with Crippen LogP contribution in [0.5, 0.6) is 0 Å². The van der Waals surface area contributed by atoms with Gasteiger partial charge in [0, 0.05) is 12.3 Å². The molecule has 0 saturated heterocycles. The molecule has 5 nitrogen and oxygen atoms in total. The zero-order chi connectivity index (χ0) is 15.6. The molecule has 0 saturated carbocycles. The Morgan fingerprint density at radius 1 is 1.33 bits per heavy atom. The van der Waals surface area contributed by atoms with Crippen molar-refractivity contribution >= 4 is 5.69 Å². The minimum absolute atomic E-state index is 0.116. The van der Waals surface area contributed by atoms with Gasteiger partial charge in [-0.3, -0.25) is 0 Å². The van der Waals surface area contributed by atoms with Crippen LogP contribution in [0.2, 0.25) is 0 Å². The maximum absolute atomic E-state index is 5.99. The molecule has 1 atom stereocenters.